The molecule has 0 aromatic heterocycles. The number of fused-ring (bicyclic) bond motifs is 1. The van der Waals surface area contributed by atoms with E-state index in [-0.39, 0.29) is 11.9 Å². The molecule has 1 saturated carbocycles. The number of carbonyl (C=O) groups excluding carboxylic acids is 1. The summed E-state index contributed by atoms with van der Waals surface area (Å²) in [4.78, 5) is 12.5. The van der Waals surface area contributed by atoms with Gasteiger partial charge in [-0.1, -0.05) is 44.4 Å². The summed E-state index contributed by atoms with van der Waals surface area (Å²) in [6.45, 7) is 2.17. The Labute approximate surface area is 127 Å². The number of rotatable bonds is 4. The van der Waals surface area contributed by atoms with Crippen LogP contribution in [0, 0.1) is 5.92 Å². The number of hydrogen-bond donors (Lipinski definition) is 2. The molecule has 1 aliphatic heterocycles. The molecule has 21 heavy (non-hydrogen) atoms. The van der Waals surface area contributed by atoms with Gasteiger partial charge in [-0.05, 0) is 43.2 Å². The first-order valence-corrected chi connectivity index (χ1v) is 8.42. The second-order valence-corrected chi connectivity index (χ2v) is 6.50. The van der Waals surface area contributed by atoms with Gasteiger partial charge in [0.15, 0.2) is 0 Å². The maximum absolute atomic E-state index is 12.5. The molecule has 1 heterocycles. The van der Waals surface area contributed by atoms with Crippen molar-refractivity contribution in [1.29, 1.82) is 0 Å². The number of hydrogen-bond acceptors (Lipinski definition) is 2. The third-order valence-corrected chi connectivity index (χ3v) is 4.97. The molecule has 2 N–H and O–H groups in total. The largest absolute Gasteiger partial charge is 0.324 e. The van der Waals surface area contributed by atoms with E-state index in [1.54, 1.807) is 0 Å². The van der Waals surface area contributed by atoms with E-state index in [9.17, 15) is 4.79 Å². The molecule has 1 aliphatic carbocycles. The summed E-state index contributed by atoms with van der Waals surface area (Å²) >= 11 is 0. The van der Waals surface area contributed by atoms with E-state index < -0.39 is 0 Å². The molecule has 3 nitrogen and oxygen atoms in total. The Hall–Kier alpha value is -1.35. The quantitative estimate of drug-likeness (QED) is 0.889. The monoisotopic (exact) mass is 286 g/mol. The van der Waals surface area contributed by atoms with Crippen LogP contribution in [0.4, 0.5) is 5.69 Å². The summed E-state index contributed by atoms with van der Waals surface area (Å²) in [6, 6.07) is 8.74. The number of nitrogens with one attached hydrogen (secondary N) is 2. The molecule has 1 aromatic rings. The first-order valence-electron chi connectivity index (χ1n) is 8.42. The molecule has 0 radical (unpaired) electrons. The van der Waals surface area contributed by atoms with Crippen LogP contribution in [-0.2, 0) is 11.2 Å². The summed E-state index contributed by atoms with van der Waals surface area (Å²) < 4.78 is 0. The summed E-state index contributed by atoms with van der Waals surface area (Å²) in [5.74, 6) is 0.855. The fourth-order valence-electron chi connectivity index (χ4n) is 3.87. The van der Waals surface area contributed by atoms with Crippen molar-refractivity contribution in [2.24, 2.45) is 5.92 Å². The maximum atomic E-state index is 12.5. The number of anilines is 1. The number of para-hydroxylation sites is 1. The molecule has 2 aliphatic rings. The molecule has 1 aromatic carbocycles. The molecule has 1 saturated heterocycles. The average molecular weight is 286 g/mol. The zero-order chi connectivity index (χ0) is 14.7. The maximum Gasteiger partial charge on any atom is 0.241 e. The van der Waals surface area contributed by atoms with Gasteiger partial charge in [0.1, 0.15) is 0 Å². The second-order valence-electron chi connectivity index (χ2n) is 6.50. The van der Waals surface area contributed by atoms with Crippen LogP contribution in [0.1, 0.15) is 51.0 Å². The van der Waals surface area contributed by atoms with Crippen LogP contribution in [0.5, 0.6) is 0 Å². The van der Waals surface area contributed by atoms with Gasteiger partial charge in [0.2, 0.25) is 5.91 Å². The molecule has 0 spiro atoms. The van der Waals surface area contributed by atoms with Crippen molar-refractivity contribution in [3.05, 3.63) is 29.8 Å². The number of benzene rings is 1. The zero-order valence-corrected chi connectivity index (χ0v) is 12.9. The smallest absolute Gasteiger partial charge is 0.241 e. The van der Waals surface area contributed by atoms with E-state index in [1.165, 1.54) is 31.2 Å². The van der Waals surface area contributed by atoms with Gasteiger partial charge in [-0.2, -0.15) is 0 Å². The standard InChI is InChI=1S/C18H26N2O/c1-2-7-13-8-3-5-10-15(13)20-18(21)17-12-14-9-4-6-11-16(14)19-17/h3,5,8,10,14,16-17,19H,2,4,6-7,9,11-12H2,1H3,(H,20,21). The Morgan fingerprint density at radius 2 is 2.10 bits per heavy atom. The van der Waals surface area contributed by atoms with Gasteiger partial charge in [-0.15, -0.1) is 0 Å². The zero-order valence-electron chi connectivity index (χ0n) is 12.9. The van der Waals surface area contributed by atoms with Crippen molar-refractivity contribution in [3.63, 3.8) is 0 Å². The fraction of sp³-hybridized carbons (Fsp3) is 0.611. The van der Waals surface area contributed by atoms with E-state index in [0.29, 0.717) is 12.0 Å². The van der Waals surface area contributed by atoms with Crippen LogP contribution in [0.15, 0.2) is 24.3 Å². The van der Waals surface area contributed by atoms with Crippen LogP contribution in [-0.4, -0.2) is 18.0 Å². The van der Waals surface area contributed by atoms with Crippen molar-refractivity contribution < 1.29 is 4.79 Å². The van der Waals surface area contributed by atoms with E-state index in [4.69, 9.17) is 0 Å². The highest BCUT2D eigenvalue weighted by atomic mass is 16.2. The molecule has 2 fully saturated rings. The van der Waals surface area contributed by atoms with E-state index in [1.807, 2.05) is 18.2 Å². The van der Waals surface area contributed by atoms with Crippen molar-refractivity contribution in [3.8, 4) is 0 Å². The number of amides is 1. The van der Waals surface area contributed by atoms with Crippen molar-refractivity contribution >= 4 is 11.6 Å². The average Bonchev–Trinajstić information content (AvgIpc) is 2.93. The minimum absolute atomic E-state index is 0.00668. The van der Waals surface area contributed by atoms with Gasteiger partial charge in [-0.3, -0.25) is 4.79 Å². The Balaban J connectivity index is 1.64. The van der Waals surface area contributed by atoms with Crippen molar-refractivity contribution in [2.75, 3.05) is 5.32 Å². The highest BCUT2D eigenvalue weighted by molar-refractivity contribution is 5.95. The van der Waals surface area contributed by atoms with Crippen molar-refractivity contribution in [2.45, 2.75) is 64.0 Å². The third kappa shape index (κ3) is 3.29. The number of carbonyl (C=O) groups is 1. The van der Waals surface area contributed by atoms with Crippen LogP contribution >= 0.6 is 0 Å². The van der Waals surface area contributed by atoms with Gasteiger partial charge in [0.25, 0.3) is 0 Å². The van der Waals surface area contributed by atoms with Gasteiger partial charge >= 0.3 is 0 Å². The predicted molar refractivity (Wildman–Crippen MR) is 86.4 cm³/mol. The minimum atomic E-state index is -0.00668. The second kappa shape index (κ2) is 6.61. The van der Waals surface area contributed by atoms with Gasteiger partial charge < -0.3 is 10.6 Å². The van der Waals surface area contributed by atoms with E-state index in [0.717, 1.165) is 24.9 Å². The third-order valence-electron chi connectivity index (χ3n) is 4.97. The SMILES string of the molecule is CCCc1ccccc1NC(=O)C1CC2CCCCC2N1. The molecular weight excluding hydrogens is 260 g/mol. The fourth-order valence-corrected chi connectivity index (χ4v) is 3.87. The van der Waals surface area contributed by atoms with E-state index >= 15 is 0 Å². The summed E-state index contributed by atoms with van der Waals surface area (Å²) in [5.41, 5.74) is 2.23. The lowest BCUT2D eigenvalue weighted by Crippen LogP contribution is -2.40. The van der Waals surface area contributed by atoms with Crippen LogP contribution in [0.25, 0.3) is 0 Å². The molecule has 0 bridgehead atoms. The molecular formula is C18H26N2O. The van der Waals surface area contributed by atoms with Crippen LogP contribution in [0.3, 0.4) is 0 Å². The minimum Gasteiger partial charge on any atom is -0.324 e. The van der Waals surface area contributed by atoms with Gasteiger partial charge in [0.05, 0.1) is 6.04 Å². The Bertz CT molecular complexity index is 486. The Kier molecular flexibility index (Phi) is 4.59. The number of aryl methyl sites for hydroxylation is 1. The summed E-state index contributed by atoms with van der Waals surface area (Å²) in [5, 5.41) is 6.70. The summed E-state index contributed by atoms with van der Waals surface area (Å²) in [6.07, 6.45) is 8.28. The molecule has 3 rings (SSSR count). The normalized spacial score (nSPS) is 28.1. The van der Waals surface area contributed by atoms with E-state index in [2.05, 4.69) is 23.6 Å². The molecule has 3 heteroatoms. The summed E-state index contributed by atoms with van der Waals surface area (Å²) in [7, 11) is 0. The highest BCUT2D eigenvalue weighted by Gasteiger charge is 2.38. The lowest BCUT2D eigenvalue weighted by molar-refractivity contribution is -0.117. The van der Waals surface area contributed by atoms with Gasteiger partial charge in [0, 0.05) is 11.7 Å². The predicted octanol–water partition coefficient (Wildman–Crippen LogP) is 3.50. The Morgan fingerprint density at radius 3 is 2.90 bits per heavy atom. The molecule has 3 atom stereocenters. The first kappa shape index (κ1) is 14.6. The molecule has 3 unspecified atom stereocenters. The van der Waals surface area contributed by atoms with Crippen LogP contribution < -0.4 is 10.6 Å². The van der Waals surface area contributed by atoms with Gasteiger partial charge in [-0.25, -0.2) is 0 Å². The topological polar surface area (TPSA) is 41.1 Å². The molecule has 114 valence electrons. The first-order chi connectivity index (χ1) is 10.3. The lowest BCUT2D eigenvalue weighted by atomic mass is 9.85. The van der Waals surface area contributed by atoms with Crippen LogP contribution in [0.2, 0.25) is 0 Å². The lowest BCUT2D eigenvalue weighted by Gasteiger charge is -2.24. The molecule has 1 amide bonds. The highest BCUT2D eigenvalue weighted by Crippen LogP contribution is 2.33. The Morgan fingerprint density at radius 1 is 1.29 bits per heavy atom. The van der Waals surface area contributed by atoms with Crippen molar-refractivity contribution in [1.82, 2.24) is 5.32 Å².